The fourth-order valence-electron chi connectivity index (χ4n) is 3.44. The van der Waals surface area contributed by atoms with Crippen LogP contribution in [-0.2, 0) is 6.54 Å². The van der Waals surface area contributed by atoms with Crippen molar-refractivity contribution in [2.75, 3.05) is 0 Å². The lowest BCUT2D eigenvalue weighted by molar-refractivity contribution is 0.0951. The summed E-state index contributed by atoms with van der Waals surface area (Å²) >= 11 is 0. The Morgan fingerprint density at radius 2 is 1.70 bits per heavy atom. The van der Waals surface area contributed by atoms with Gasteiger partial charge in [0.2, 0.25) is 0 Å². The van der Waals surface area contributed by atoms with E-state index in [1.165, 1.54) is 0 Å². The Morgan fingerprint density at radius 3 is 2.40 bits per heavy atom. The van der Waals surface area contributed by atoms with Crippen LogP contribution in [0.25, 0.3) is 22.4 Å². The van der Waals surface area contributed by atoms with Crippen molar-refractivity contribution in [3.63, 3.8) is 0 Å². The Labute approximate surface area is 176 Å². The Kier molecular flexibility index (Phi) is 5.66. The van der Waals surface area contributed by atoms with Gasteiger partial charge in [-0.2, -0.15) is 0 Å². The van der Waals surface area contributed by atoms with Crippen LogP contribution in [0.4, 0.5) is 0 Å². The molecule has 0 aliphatic heterocycles. The molecule has 0 saturated heterocycles. The second-order valence-corrected chi connectivity index (χ2v) is 7.32. The molecule has 0 atom stereocenters. The van der Waals surface area contributed by atoms with Crippen molar-refractivity contribution in [2.24, 2.45) is 0 Å². The van der Waals surface area contributed by atoms with E-state index in [2.05, 4.69) is 27.4 Å². The Hall–Kier alpha value is -3.79. The molecule has 2 heterocycles. The molecule has 0 aliphatic rings. The van der Waals surface area contributed by atoms with Crippen LogP contribution in [0.1, 0.15) is 27.2 Å². The smallest absolute Gasteiger partial charge is 0.251 e. The number of hydrogen-bond donors (Lipinski definition) is 1. The van der Waals surface area contributed by atoms with Gasteiger partial charge in [0, 0.05) is 35.8 Å². The fourth-order valence-corrected chi connectivity index (χ4v) is 3.44. The molecule has 0 saturated carbocycles. The molecule has 4 rings (SSSR count). The van der Waals surface area contributed by atoms with E-state index in [0.29, 0.717) is 12.1 Å². The third kappa shape index (κ3) is 4.44. The lowest BCUT2D eigenvalue weighted by Crippen LogP contribution is -2.23. The molecule has 0 spiro atoms. The van der Waals surface area contributed by atoms with Gasteiger partial charge in [-0.25, -0.2) is 0 Å². The average molecular weight is 393 g/mol. The van der Waals surface area contributed by atoms with Gasteiger partial charge in [0.25, 0.3) is 5.91 Å². The molecule has 0 bridgehead atoms. The SMILES string of the molecule is Cc1cc(-c2ccc(CNC(=O)c3ccc(-c4ccccc4)c(C)c3)cn2)ccn1. The van der Waals surface area contributed by atoms with Gasteiger partial charge in [0.15, 0.2) is 0 Å². The monoisotopic (exact) mass is 393 g/mol. The molecule has 30 heavy (non-hydrogen) atoms. The number of carbonyl (C=O) groups is 1. The summed E-state index contributed by atoms with van der Waals surface area (Å²) in [6.07, 6.45) is 3.58. The van der Waals surface area contributed by atoms with Gasteiger partial charge < -0.3 is 5.32 Å². The topological polar surface area (TPSA) is 54.9 Å². The lowest BCUT2D eigenvalue weighted by atomic mass is 9.98. The summed E-state index contributed by atoms with van der Waals surface area (Å²) in [5.74, 6) is -0.0912. The van der Waals surface area contributed by atoms with Crippen LogP contribution in [0, 0.1) is 13.8 Å². The first-order chi connectivity index (χ1) is 14.6. The number of aryl methyl sites for hydroxylation is 2. The highest BCUT2D eigenvalue weighted by atomic mass is 16.1. The summed E-state index contributed by atoms with van der Waals surface area (Å²) in [4.78, 5) is 21.3. The maximum atomic E-state index is 12.6. The highest BCUT2D eigenvalue weighted by Gasteiger charge is 2.09. The van der Waals surface area contributed by atoms with Gasteiger partial charge in [-0.15, -0.1) is 0 Å². The van der Waals surface area contributed by atoms with Gasteiger partial charge in [-0.1, -0.05) is 42.5 Å². The van der Waals surface area contributed by atoms with Crippen LogP contribution in [-0.4, -0.2) is 15.9 Å². The molecular weight excluding hydrogens is 370 g/mol. The summed E-state index contributed by atoms with van der Waals surface area (Å²) in [5.41, 5.74) is 7.86. The molecule has 0 aliphatic carbocycles. The maximum absolute atomic E-state index is 12.6. The minimum Gasteiger partial charge on any atom is -0.348 e. The van der Waals surface area contributed by atoms with Crippen molar-refractivity contribution in [2.45, 2.75) is 20.4 Å². The zero-order chi connectivity index (χ0) is 20.9. The molecule has 1 N–H and O–H groups in total. The molecule has 4 nitrogen and oxygen atoms in total. The summed E-state index contributed by atoms with van der Waals surface area (Å²) in [5, 5.41) is 2.98. The third-order valence-electron chi connectivity index (χ3n) is 5.04. The summed E-state index contributed by atoms with van der Waals surface area (Å²) in [6, 6.07) is 23.9. The van der Waals surface area contributed by atoms with Gasteiger partial charge in [-0.3, -0.25) is 14.8 Å². The lowest BCUT2D eigenvalue weighted by Gasteiger charge is -2.10. The number of aromatic nitrogens is 2. The van der Waals surface area contributed by atoms with Crippen LogP contribution in [0.5, 0.6) is 0 Å². The third-order valence-corrected chi connectivity index (χ3v) is 5.04. The predicted octanol–water partition coefficient (Wildman–Crippen LogP) is 5.36. The quantitative estimate of drug-likeness (QED) is 0.497. The number of nitrogens with one attached hydrogen (secondary N) is 1. The van der Waals surface area contributed by atoms with Crippen molar-refractivity contribution in [1.82, 2.24) is 15.3 Å². The summed E-state index contributed by atoms with van der Waals surface area (Å²) in [7, 11) is 0. The van der Waals surface area contributed by atoms with Crippen molar-refractivity contribution >= 4 is 5.91 Å². The van der Waals surface area contributed by atoms with E-state index in [9.17, 15) is 4.79 Å². The second kappa shape index (κ2) is 8.70. The number of carbonyl (C=O) groups excluding carboxylic acids is 1. The Bertz CT molecular complexity index is 1170. The highest BCUT2D eigenvalue weighted by molar-refractivity contribution is 5.95. The van der Waals surface area contributed by atoms with Crippen molar-refractivity contribution < 1.29 is 4.79 Å². The van der Waals surface area contributed by atoms with E-state index in [1.54, 1.807) is 12.4 Å². The number of nitrogens with zero attached hydrogens (tertiary/aromatic N) is 2. The second-order valence-electron chi connectivity index (χ2n) is 7.32. The molecule has 0 unspecified atom stereocenters. The maximum Gasteiger partial charge on any atom is 0.251 e. The molecular formula is C26H23N3O. The van der Waals surface area contributed by atoms with E-state index < -0.39 is 0 Å². The molecule has 0 radical (unpaired) electrons. The first-order valence-electron chi connectivity index (χ1n) is 9.92. The Balaban J connectivity index is 1.41. The van der Waals surface area contributed by atoms with Crippen LogP contribution in [0.2, 0.25) is 0 Å². The van der Waals surface area contributed by atoms with E-state index in [-0.39, 0.29) is 5.91 Å². The molecule has 4 heteroatoms. The molecule has 0 fully saturated rings. The van der Waals surface area contributed by atoms with Gasteiger partial charge in [0.1, 0.15) is 0 Å². The van der Waals surface area contributed by atoms with E-state index in [0.717, 1.165) is 39.2 Å². The zero-order valence-electron chi connectivity index (χ0n) is 17.1. The van der Waals surface area contributed by atoms with Crippen LogP contribution >= 0.6 is 0 Å². The molecule has 2 aromatic heterocycles. The number of benzene rings is 2. The minimum atomic E-state index is -0.0912. The molecule has 4 aromatic rings. The van der Waals surface area contributed by atoms with E-state index in [4.69, 9.17) is 0 Å². The fraction of sp³-hybridized carbons (Fsp3) is 0.115. The van der Waals surface area contributed by atoms with Gasteiger partial charge >= 0.3 is 0 Å². The minimum absolute atomic E-state index is 0.0912. The van der Waals surface area contributed by atoms with E-state index >= 15 is 0 Å². The number of amides is 1. The standard InChI is InChI=1S/C26H23N3O/c1-18-14-23(9-10-24(18)21-6-4-3-5-7-21)26(30)29-17-20-8-11-25(28-16-20)22-12-13-27-19(2)15-22/h3-16H,17H2,1-2H3,(H,29,30). The first kappa shape index (κ1) is 19.5. The van der Waals surface area contributed by atoms with Crippen LogP contribution < -0.4 is 5.32 Å². The molecule has 148 valence electrons. The van der Waals surface area contributed by atoms with Crippen LogP contribution in [0.15, 0.2) is 85.2 Å². The summed E-state index contributed by atoms with van der Waals surface area (Å²) in [6.45, 7) is 4.42. The highest BCUT2D eigenvalue weighted by Crippen LogP contribution is 2.24. The van der Waals surface area contributed by atoms with Crippen molar-refractivity contribution in [3.05, 3.63) is 108 Å². The van der Waals surface area contributed by atoms with Gasteiger partial charge in [-0.05, 0) is 66.4 Å². The molecule has 1 amide bonds. The summed E-state index contributed by atoms with van der Waals surface area (Å²) < 4.78 is 0. The van der Waals surface area contributed by atoms with Crippen molar-refractivity contribution in [3.8, 4) is 22.4 Å². The Morgan fingerprint density at radius 1 is 0.867 bits per heavy atom. The van der Waals surface area contributed by atoms with Gasteiger partial charge in [0.05, 0.1) is 5.69 Å². The number of rotatable bonds is 5. The zero-order valence-corrected chi connectivity index (χ0v) is 17.1. The largest absolute Gasteiger partial charge is 0.348 e. The first-order valence-corrected chi connectivity index (χ1v) is 9.92. The number of hydrogen-bond acceptors (Lipinski definition) is 3. The average Bonchev–Trinajstić information content (AvgIpc) is 2.78. The van der Waals surface area contributed by atoms with Crippen LogP contribution in [0.3, 0.4) is 0 Å². The molecule has 2 aromatic carbocycles. The van der Waals surface area contributed by atoms with E-state index in [1.807, 2.05) is 74.5 Å². The number of pyridine rings is 2. The van der Waals surface area contributed by atoms with Crippen molar-refractivity contribution in [1.29, 1.82) is 0 Å². The predicted molar refractivity (Wildman–Crippen MR) is 120 cm³/mol. The normalized spacial score (nSPS) is 10.6.